The summed E-state index contributed by atoms with van der Waals surface area (Å²) in [6.07, 6.45) is 0. The van der Waals surface area contributed by atoms with Gasteiger partial charge in [0.1, 0.15) is 0 Å². The second kappa shape index (κ2) is 8.86. The van der Waals surface area contributed by atoms with E-state index in [-0.39, 0.29) is 20.8 Å². The number of aromatic nitrogens is 2. The number of carbonyl (C=O) groups excluding carboxylic acids is 1. The normalized spacial score (nSPS) is 13.1. The van der Waals surface area contributed by atoms with Crippen molar-refractivity contribution >= 4 is 32.4 Å². The van der Waals surface area contributed by atoms with Crippen LogP contribution >= 0.6 is 11.3 Å². The first-order valence-corrected chi connectivity index (χ1v) is 12.1. The summed E-state index contributed by atoms with van der Waals surface area (Å²) >= 11 is 0.807. The molecule has 2 N–H and O–H groups in total. The van der Waals surface area contributed by atoms with Gasteiger partial charge in [0.25, 0.3) is 15.9 Å². The summed E-state index contributed by atoms with van der Waals surface area (Å²) in [6.45, 7) is 9.97. The quantitative estimate of drug-likeness (QED) is 0.532. The molecular weight excluding hydrogens is 432 g/mol. The number of benzene rings is 2. The lowest BCUT2D eigenvalue weighted by atomic mass is 9.86. The fraction of sp³-hybridized carbons (Fsp3) is 0.318. The molecule has 1 aromatic heterocycles. The summed E-state index contributed by atoms with van der Waals surface area (Å²) in [5, 5.41) is 10.3. The Morgan fingerprint density at radius 1 is 1.03 bits per heavy atom. The fourth-order valence-electron chi connectivity index (χ4n) is 2.98. The number of aryl methyl sites for hydroxylation is 1. The summed E-state index contributed by atoms with van der Waals surface area (Å²) in [7, 11) is -3.89. The number of anilines is 1. The van der Waals surface area contributed by atoms with E-state index in [9.17, 15) is 13.2 Å². The first kappa shape index (κ1) is 23.1. The lowest BCUT2D eigenvalue weighted by Gasteiger charge is -2.20. The van der Waals surface area contributed by atoms with Crippen molar-refractivity contribution < 1.29 is 13.2 Å². The van der Waals surface area contributed by atoms with E-state index >= 15 is 0 Å². The smallest absolute Gasteiger partial charge is 0.270 e. The molecule has 3 rings (SSSR count). The standard InChI is InChI=1S/C22H26N4O3S2/c1-14-8-6-7-9-18(14)19(27)23-20-24-25-21(30-20)31(28,29)26-15(2)16-10-12-17(13-11-16)22(3,4)5/h6-13,15,26H,1-5H3,(H,23,24,27). The summed E-state index contributed by atoms with van der Waals surface area (Å²) in [5.74, 6) is -0.363. The monoisotopic (exact) mass is 458 g/mol. The van der Waals surface area contributed by atoms with Crippen LogP contribution in [0.25, 0.3) is 0 Å². The molecule has 0 fully saturated rings. The predicted molar refractivity (Wildman–Crippen MR) is 123 cm³/mol. The van der Waals surface area contributed by atoms with Crippen LogP contribution in [0.2, 0.25) is 0 Å². The van der Waals surface area contributed by atoms with E-state index in [2.05, 4.69) is 41.0 Å². The zero-order valence-electron chi connectivity index (χ0n) is 18.1. The second-order valence-electron chi connectivity index (χ2n) is 8.36. The molecule has 1 atom stereocenters. The van der Waals surface area contributed by atoms with Crippen LogP contribution in [0.15, 0.2) is 52.9 Å². The highest BCUT2D eigenvalue weighted by atomic mass is 32.2. The number of amides is 1. The molecule has 1 unspecified atom stereocenters. The van der Waals surface area contributed by atoms with Crippen LogP contribution in [0.5, 0.6) is 0 Å². The van der Waals surface area contributed by atoms with Gasteiger partial charge in [-0.15, -0.1) is 10.2 Å². The van der Waals surface area contributed by atoms with Crippen LogP contribution < -0.4 is 10.0 Å². The molecule has 0 aliphatic heterocycles. The largest absolute Gasteiger partial charge is 0.296 e. The van der Waals surface area contributed by atoms with E-state index < -0.39 is 16.1 Å². The maximum atomic E-state index is 12.7. The summed E-state index contributed by atoms with van der Waals surface area (Å²) in [6, 6.07) is 14.5. The minimum atomic E-state index is -3.89. The van der Waals surface area contributed by atoms with E-state index in [1.807, 2.05) is 43.3 Å². The zero-order valence-corrected chi connectivity index (χ0v) is 19.8. The van der Waals surface area contributed by atoms with Gasteiger partial charge in [-0.1, -0.05) is 74.6 Å². The third-order valence-corrected chi connectivity index (χ3v) is 7.60. The van der Waals surface area contributed by atoms with Crippen LogP contribution in [0.4, 0.5) is 5.13 Å². The molecule has 0 aliphatic rings. The molecule has 0 saturated heterocycles. The van der Waals surface area contributed by atoms with Crippen molar-refractivity contribution in [1.82, 2.24) is 14.9 Å². The average Bonchev–Trinajstić information content (AvgIpc) is 3.17. The van der Waals surface area contributed by atoms with Gasteiger partial charge < -0.3 is 0 Å². The maximum Gasteiger partial charge on any atom is 0.270 e. The van der Waals surface area contributed by atoms with Crippen LogP contribution in [-0.2, 0) is 15.4 Å². The Bertz CT molecular complexity index is 1180. The van der Waals surface area contributed by atoms with E-state index in [1.54, 1.807) is 19.1 Å². The highest BCUT2D eigenvalue weighted by Gasteiger charge is 2.24. The van der Waals surface area contributed by atoms with Crippen LogP contribution in [0, 0.1) is 6.92 Å². The Kier molecular flexibility index (Phi) is 6.59. The van der Waals surface area contributed by atoms with Gasteiger partial charge >= 0.3 is 0 Å². The summed E-state index contributed by atoms with van der Waals surface area (Å²) in [5.41, 5.74) is 3.34. The number of hydrogen-bond donors (Lipinski definition) is 2. The SMILES string of the molecule is Cc1ccccc1C(=O)Nc1nnc(S(=O)(=O)NC(C)c2ccc(C(C)(C)C)cc2)s1. The van der Waals surface area contributed by atoms with Crippen molar-refractivity contribution in [1.29, 1.82) is 0 Å². The van der Waals surface area contributed by atoms with Gasteiger partial charge in [0.2, 0.25) is 9.47 Å². The van der Waals surface area contributed by atoms with Crippen molar-refractivity contribution in [2.45, 2.75) is 50.4 Å². The van der Waals surface area contributed by atoms with Gasteiger partial charge in [0, 0.05) is 11.6 Å². The topological polar surface area (TPSA) is 101 Å². The number of nitrogens with zero attached hydrogens (tertiary/aromatic N) is 2. The van der Waals surface area contributed by atoms with E-state index in [0.29, 0.717) is 5.56 Å². The first-order chi connectivity index (χ1) is 14.5. The first-order valence-electron chi connectivity index (χ1n) is 9.80. The second-order valence-corrected chi connectivity index (χ2v) is 11.2. The van der Waals surface area contributed by atoms with Gasteiger partial charge in [0.05, 0.1) is 0 Å². The third kappa shape index (κ3) is 5.55. The number of sulfonamides is 1. The van der Waals surface area contributed by atoms with Crippen molar-refractivity contribution in [3.63, 3.8) is 0 Å². The third-order valence-electron chi connectivity index (χ3n) is 4.86. The Labute approximate surface area is 187 Å². The Morgan fingerprint density at radius 3 is 2.29 bits per heavy atom. The maximum absolute atomic E-state index is 12.7. The Hall–Kier alpha value is -2.62. The molecule has 0 spiro atoms. The fourth-order valence-corrected chi connectivity index (χ4v) is 5.13. The highest BCUT2D eigenvalue weighted by Crippen LogP contribution is 2.26. The van der Waals surface area contributed by atoms with Crippen LogP contribution in [0.1, 0.15) is 60.8 Å². The molecular formula is C22H26N4O3S2. The molecule has 31 heavy (non-hydrogen) atoms. The molecule has 2 aromatic carbocycles. The summed E-state index contributed by atoms with van der Waals surface area (Å²) < 4.78 is 27.9. The molecule has 3 aromatic rings. The van der Waals surface area contributed by atoms with E-state index in [0.717, 1.165) is 22.5 Å². The zero-order chi connectivity index (χ0) is 22.8. The molecule has 0 radical (unpaired) electrons. The van der Waals surface area contributed by atoms with E-state index in [4.69, 9.17) is 0 Å². The number of nitrogens with one attached hydrogen (secondary N) is 2. The van der Waals surface area contributed by atoms with Crippen molar-refractivity contribution in [2.24, 2.45) is 0 Å². The van der Waals surface area contributed by atoms with Gasteiger partial charge in [-0.2, -0.15) is 0 Å². The highest BCUT2D eigenvalue weighted by molar-refractivity contribution is 7.91. The number of carbonyl (C=O) groups is 1. The molecule has 1 heterocycles. The van der Waals surface area contributed by atoms with Crippen LogP contribution in [0.3, 0.4) is 0 Å². The minimum Gasteiger partial charge on any atom is -0.296 e. The summed E-state index contributed by atoms with van der Waals surface area (Å²) in [4.78, 5) is 12.4. The van der Waals surface area contributed by atoms with Crippen molar-refractivity contribution in [3.05, 3.63) is 70.8 Å². The molecule has 0 aliphatic carbocycles. The molecule has 0 bridgehead atoms. The lowest BCUT2D eigenvalue weighted by molar-refractivity contribution is 0.102. The van der Waals surface area contributed by atoms with Crippen molar-refractivity contribution in [2.75, 3.05) is 5.32 Å². The minimum absolute atomic E-state index is 0.0208. The number of hydrogen-bond acceptors (Lipinski definition) is 6. The van der Waals surface area contributed by atoms with Gasteiger partial charge in [-0.3, -0.25) is 10.1 Å². The van der Waals surface area contributed by atoms with Crippen LogP contribution in [-0.4, -0.2) is 24.5 Å². The van der Waals surface area contributed by atoms with Gasteiger partial charge in [-0.25, -0.2) is 13.1 Å². The Morgan fingerprint density at radius 2 is 1.68 bits per heavy atom. The molecule has 0 saturated carbocycles. The lowest BCUT2D eigenvalue weighted by Crippen LogP contribution is -2.27. The predicted octanol–water partition coefficient (Wildman–Crippen LogP) is 4.44. The molecule has 164 valence electrons. The van der Waals surface area contributed by atoms with Gasteiger partial charge in [-0.05, 0) is 42.0 Å². The molecule has 1 amide bonds. The van der Waals surface area contributed by atoms with E-state index in [1.165, 1.54) is 5.56 Å². The van der Waals surface area contributed by atoms with Gasteiger partial charge in [0.15, 0.2) is 0 Å². The molecule has 7 nitrogen and oxygen atoms in total. The number of rotatable bonds is 6. The average molecular weight is 459 g/mol. The molecule has 9 heteroatoms. The Balaban J connectivity index is 1.70. The van der Waals surface area contributed by atoms with Crippen molar-refractivity contribution in [3.8, 4) is 0 Å².